The highest BCUT2D eigenvalue weighted by Gasteiger charge is 2.31. The number of ether oxygens (including phenoxy) is 2. The summed E-state index contributed by atoms with van der Waals surface area (Å²) in [6.45, 7) is 4.79. The van der Waals surface area contributed by atoms with Gasteiger partial charge in [-0.3, -0.25) is 9.59 Å². The second-order valence-corrected chi connectivity index (χ2v) is 7.84. The number of hydrogen-bond donors (Lipinski definition) is 3. The van der Waals surface area contributed by atoms with Crippen LogP contribution in [0.15, 0.2) is 42.5 Å². The van der Waals surface area contributed by atoms with E-state index in [0.717, 1.165) is 6.42 Å². The molecule has 0 unspecified atom stereocenters. The van der Waals surface area contributed by atoms with Crippen LogP contribution >= 0.6 is 0 Å². The fraction of sp³-hybridized carbons (Fsp3) is 0.391. The van der Waals surface area contributed by atoms with Gasteiger partial charge in [0.25, 0.3) is 0 Å². The summed E-state index contributed by atoms with van der Waals surface area (Å²) in [5, 5.41) is 9.15. The second-order valence-electron chi connectivity index (χ2n) is 7.84. The van der Waals surface area contributed by atoms with Crippen molar-refractivity contribution in [3.8, 4) is 11.5 Å². The van der Waals surface area contributed by atoms with Crippen LogP contribution in [0, 0.1) is 5.92 Å². The fourth-order valence-corrected chi connectivity index (χ4v) is 3.79. The minimum absolute atomic E-state index is 0.0150. The molecule has 7 nitrogen and oxygen atoms in total. The van der Waals surface area contributed by atoms with Gasteiger partial charge in [-0.15, -0.1) is 0 Å². The highest BCUT2D eigenvalue weighted by atomic mass is 16.7. The topological polar surface area (TPSA) is 88.7 Å². The number of nitrogens with one attached hydrogen (secondary N) is 3. The predicted molar refractivity (Wildman–Crippen MR) is 113 cm³/mol. The Labute approximate surface area is 176 Å². The van der Waals surface area contributed by atoms with Gasteiger partial charge < -0.3 is 25.4 Å². The van der Waals surface area contributed by atoms with E-state index in [9.17, 15) is 9.59 Å². The van der Waals surface area contributed by atoms with Gasteiger partial charge in [-0.25, -0.2) is 0 Å². The Morgan fingerprint density at radius 2 is 1.90 bits per heavy atom. The van der Waals surface area contributed by atoms with Gasteiger partial charge in [0.15, 0.2) is 11.5 Å². The standard InChI is InChI=1S/C23H27N3O4/c1-3-14(2)21(23(28)25-17-8-9-19-20(11-17)30-13-29-19)26-22(27)18-10-15-6-4-5-7-16(15)12-24-18/h4-9,11,14,18,21,24H,3,10,12-13H2,1-2H3,(H,25,28)(H,26,27)/t14-,18+,21-/m1/s1. The van der Waals surface area contributed by atoms with Crippen molar-refractivity contribution in [1.82, 2.24) is 10.6 Å². The quantitative estimate of drug-likeness (QED) is 0.683. The van der Waals surface area contributed by atoms with Crippen LogP contribution in [-0.4, -0.2) is 30.7 Å². The highest BCUT2D eigenvalue weighted by molar-refractivity contribution is 5.98. The first kappa shape index (κ1) is 20.2. The lowest BCUT2D eigenvalue weighted by atomic mass is 9.94. The molecule has 0 aromatic heterocycles. The van der Waals surface area contributed by atoms with Crippen LogP contribution in [0.2, 0.25) is 0 Å². The molecule has 0 aliphatic carbocycles. The molecule has 3 N–H and O–H groups in total. The molecule has 7 heteroatoms. The van der Waals surface area contributed by atoms with Gasteiger partial charge in [0.2, 0.25) is 18.6 Å². The summed E-state index contributed by atoms with van der Waals surface area (Å²) in [4.78, 5) is 26.0. The van der Waals surface area contributed by atoms with Crippen molar-refractivity contribution in [2.75, 3.05) is 12.1 Å². The van der Waals surface area contributed by atoms with Gasteiger partial charge in [-0.2, -0.15) is 0 Å². The molecule has 2 aromatic carbocycles. The average Bonchev–Trinajstić information content (AvgIpc) is 3.24. The summed E-state index contributed by atoms with van der Waals surface area (Å²) in [7, 11) is 0. The Morgan fingerprint density at radius 1 is 1.13 bits per heavy atom. The van der Waals surface area contributed by atoms with E-state index < -0.39 is 6.04 Å². The van der Waals surface area contributed by atoms with Gasteiger partial charge in [0, 0.05) is 18.3 Å². The minimum Gasteiger partial charge on any atom is -0.454 e. The van der Waals surface area contributed by atoms with E-state index in [2.05, 4.69) is 28.1 Å². The van der Waals surface area contributed by atoms with E-state index in [0.29, 0.717) is 30.2 Å². The van der Waals surface area contributed by atoms with Crippen LogP contribution < -0.4 is 25.4 Å². The van der Waals surface area contributed by atoms with Crippen LogP contribution in [0.5, 0.6) is 11.5 Å². The molecule has 2 aliphatic heterocycles. The van der Waals surface area contributed by atoms with Crippen molar-refractivity contribution in [2.24, 2.45) is 5.92 Å². The van der Waals surface area contributed by atoms with Crippen molar-refractivity contribution in [1.29, 1.82) is 0 Å². The largest absolute Gasteiger partial charge is 0.454 e. The first-order valence-corrected chi connectivity index (χ1v) is 10.4. The third kappa shape index (κ3) is 4.26. The maximum Gasteiger partial charge on any atom is 0.247 e. The molecule has 0 saturated heterocycles. The van der Waals surface area contributed by atoms with Gasteiger partial charge in [0.1, 0.15) is 6.04 Å². The summed E-state index contributed by atoms with van der Waals surface area (Å²) in [6, 6.07) is 12.4. The molecular formula is C23H27N3O4. The van der Waals surface area contributed by atoms with E-state index in [4.69, 9.17) is 9.47 Å². The molecule has 30 heavy (non-hydrogen) atoms. The lowest BCUT2D eigenvalue weighted by molar-refractivity contribution is -0.129. The van der Waals surface area contributed by atoms with Crippen LogP contribution in [-0.2, 0) is 22.6 Å². The summed E-state index contributed by atoms with van der Waals surface area (Å²) >= 11 is 0. The van der Waals surface area contributed by atoms with Crippen molar-refractivity contribution in [3.63, 3.8) is 0 Å². The monoisotopic (exact) mass is 409 g/mol. The van der Waals surface area contributed by atoms with Crippen molar-refractivity contribution < 1.29 is 19.1 Å². The number of rotatable bonds is 6. The molecule has 0 bridgehead atoms. The Bertz CT molecular complexity index is 946. The van der Waals surface area contributed by atoms with Crippen molar-refractivity contribution in [2.45, 2.75) is 45.3 Å². The molecule has 2 aliphatic rings. The van der Waals surface area contributed by atoms with E-state index in [-0.39, 0.29) is 30.6 Å². The number of anilines is 1. The lowest BCUT2D eigenvalue weighted by Crippen LogP contribution is -2.55. The van der Waals surface area contributed by atoms with E-state index in [1.807, 2.05) is 26.0 Å². The molecule has 2 amide bonds. The zero-order chi connectivity index (χ0) is 21.1. The zero-order valence-electron chi connectivity index (χ0n) is 17.2. The maximum atomic E-state index is 13.0. The molecule has 0 fully saturated rings. The van der Waals surface area contributed by atoms with Crippen molar-refractivity contribution in [3.05, 3.63) is 53.6 Å². The summed E-state index contributed by atoms with van der Waals surface area (Å²) in [6.07, 6.45) is 1.37. The molecule has 0 saturated carbocycles. The Hall–Kier alpha value is -3.06. The smallest absolute Gasteiger partial charge is 0.247 e. The number of carbonyl (C=O) groups is 2. The first-order chi connectivity index (χ1) is 14.5. The fourth-order valence-electron chi connectivity index (χ4n) is 3.79. The number of fused-ring (bicyclic) bond motifs is 2. The van der Waals surface area contributed by atoms with Gasteiger partial charge in [-0.1, -0.05) is 44.5 Å². The van der Waals surface area contributed by atoms with E-state index in [1.165, 1.54) is 11.1 Å². The molecule has 0 spiro atoms. The Kier molecular flexibility index (Phi) is 5.90. The second kappa shape index (κ2) is 8.75. The predicted octanol–water partition coefficient (Wildman–Crippen LogP) is 2.60. The van der Waals surface area contributed by atoms with E-state index in [1.54, 1.807) is 18.2 Å². The minimum atomic E-state index is -0.633. The third-order valence-corrected chi connectivity index (χ3v) is 5.83. The van der Waals surface area contributed by atoms with Gasteiger partial charge in [0.05, 0.1) is 6.04 Å². The summed E-state index contributed by atoms with van der Waals surface area (Å²) in [5.41, 5.74) is 2.98. The molecule has 2 heterocycles. The average molecular weight is 409 g/mol. The molecule has 158 valence electrons. The number of benzene rings is 2. The SMILES string of the molecule is CC[C@@H](C)[C@@H](NC(=O)[C@@H]1Cc2ccccc2CN1)C(=O)Nc1ccc2c(c1)OCO2. The lowest BCUT2D eigenvalue weighted by Gasteiger charge is -2.29. The van der Waals surface area contributed by atoms with Crippen LogP contribution in [0.1, 0.15) is 31.4 Å². The molecule has 2 aromatic rings. The molecular weight excluding hydrogens is 382 g/mol. The summed E-state index contributed by atoms with van der Waals surface area (Å²) in [5.74, 6) is 0.840. The molecule has 4 rings (SSSR count). The van der Waals surface area contributed by atoms with Gasteiger partial charge in [-0.05, 0) is 35.6 Å². The highest BCUT2D eigenvalue weighted by Crippen LogP contribution is 2.34. The first-order valence-electron chi connectivity index (χ1n) is 10.4. The normalized spacial score (nSPS) is 18.8. The van der Waals surface area contributed by atoms with Crippen molar-refractivity contribution >= 4 is 17.5 Å². The van der Waals surface area contributed by atoms with E-state index >= 15 is 0 Å². The number of hydrogen-bond acceptors (Lipinski definition) is 5. The van der Waals surface area contributed by atoms with Crippen LogP contribution in [0.3, 0.4) is 0 Å². The Balaban J connectivity index is 1.43. The molecule has 0 radical (unpaired) electrons. The van der Waals surface area contributed by atoms with Gasteiger partial charge >= 0.3 is 0 Å². The molecule has 3 atom stereocenters. The zero-order valence-corrected chi connectivity index (χ0v) is 17.2. The number of amides is 2. The van der Waals surface area contributed by atoms with Crippen LogP contribution in [0.4, 0.5) is 5.69 Å². The number of carbonyl (C=O) groups excluding carboxylic acids is 2. The van der Waals surface area contributed by atoms with Crippen LogP contribution in [0.25, 0.3) is 0 Å². The Morgan fingerprint density at radius 3 is 2.70 bits per heavy atom. The maximum absolute atomic E-state index is 13.0. The third-order valence-electron chi connectivity index (χ3n) is 5.83. The summed E-state index contributed by atoms with van der Waals surface area (Å²) < 4.78 is 10.7.